The van der Waals surface area contributed by atoms with Crippen molar-refractivity contribution in [2.75, 3.05) is 12.3 Å². The van der Waals surface area contributed by atoms with Gasteiger partial charge in [-0.25, -0.2) is 13.1 Å². The third-order valence-corrected chi connectivity index (χ3v) is 5.26. The van der Waals surface area contributed by atoms with Gasteiger partial charge in [0.25, 0.3) is 0 Å². The van der Waals surface area contributed by atoms with Gasteiger partial charge in [-0.15, -0.1) is 11.3 Å². The maximum atomic E-state index is 12.0. The van der Waals surface area contributed by atoms with Crippen LogP contribution in [0.25, 0.3) is 0 Å². The number of hydrogen-bond donors (Lipinski definition) is 2. The van der Waals surface area contributed by atoms with Gasteiger partial charge in [0.1, 0.15) is 0 Å². The Kier molecular flexibility index (Phi) is 4.46. The van der Waals surface area contributed by atoms with E-state index in [9.17, 15) is 8.42 Å². The summed E-state index contributed by atoms with van der Waals surface area (Å²) < 4.78 is 26.6. The second-order valence-corrected chi connectivity index (χ2v) is 7.12. The number of hydrogen-bond acceptors (Lipinski definition) is 4. The highest BCUT2D eigenvalue weighted by Gasteiger charge is 2.14. The van der Waals surface area contributed by atoms with Gasteiger partial charge in [-0.2, -0.15) is 0 Å². The molecule has 0 unspecified atom stereocenters. The Hall–Kier alpha value is -1.08. The first-order valence-corrected chi connectivity index (χ1v) is 8.30. The number of anilines is 1. The molecule has 0 fully saturated rings. The average Bonchev–Trinajstić information content (AvgIpc) is 2.85. The van der Waals surface area contributed by atoms with Crippen LogP contribution < -0.4 is 10.5 Å². The fraction of sp³-hybridized carbons (Fsp3) is 0.167. The van der Waals surface area contributed by atoms with E-state index in [0.29, 0.717) is 18.0 Å². The van der Waals surface area contributed by atoms with Crippen molar-refractivity contribution < 1.29 is 8.42 Å². The summed E-state index contributed by atoms with van der Waals surface area (Å²) in [7, 11) is -3.54. The molecule has 1 heterocycles. The van der Waals surface area contributed by atoms with Crippen molar-refractivity contribution in [2.45, 2.75) is 11.3 Å². The minimum Gasteiger partial charge on any atom is -0.397 e. The second-order valence-electron chi connectivity index (χ2n) is 3.91. The first-order chi connectivity index (χ1) is 8.99. The van der Waals surface area contributed by atoms with E-state index in [4.69, 9.17) is 17.3 Å². The molecule has 1 aromatic heterocycles. The topological polar surface area (TPSA) is 72.2 Å². The van der Waals surface area contributed by atoms with Crippen molar-refractivity contribution in [3.05, 3.63) is 45.6 Å². The third-order valence-electron chi connectivity index (χ3n) is 2.52. The number of rotatable bonds is 5. The third kappa shape index (κ3) is 3.70. The molecule has 0 aliphatic heterocycles. The number of nitrogen functional groups attached to an aromatic ring is 1. The maximum absolute atomic E-state index is 12.0. The Morgan fingerprint density at radius 1 is 1.32 bits per heavy atom. The molecule has 0 saturated heterocycles. The lowest BCUT2D eigenvalue weighted by molar-refractivity contribution is 0.582. The van der Waals surface area contributed by atoms with Crippen molar-refractivity contribution in [2.24, 2.45) is 0 Å². The number of benzene rings is 1. The summed E-state index contributed by atoms with van der Waals surface area (Å²) in [6, 6.07) is 8.18. The standard InChI is InChI=1S/C12H13ClN2O2S2/c13-11-4-3-10(8-12(11)14)19(16,17)15-6-5-9-2-1-7-18-9/h1-4,7-8,15H,5-6,14H2. The number of sulfonamides is 1. The largest absolute Gasteiger partial charge is 0.397 e. The van der Waals surface area contributed by atoms with Gasteiger partial charge in [0.2, 0.25) is 10.0 Å². The second kappa shape index (κ2) is 5.92. The summed E-state index contributed by atoms with van der Waals surface area (Å²) in [4.78, 5) is 1.26. The Morgan fingerprint density at radius 2 is 2.11 bits per heavy atom. The smallest absolute Gasteiger partial charge is 0.240 e. The minimum atomic E-state index is -3.54. The summed E-state index contributed by atoms with van der Waals surface area (Å²) in [6.45, 7) is 0.353. The van der Waals surface area contributed by atoms with Gasteiger partial charge in [0, 0.05) is 11.4 Å². The van der Waals surface area contributed by atoms with Gasteiger partial charge >= 0.3 is 0 Å². The van der Waals surface area contributed by atoms with Crippen molar-refractivity contribution in [3.8, 4) is 0 Å². The van der Waals surface area contributed by atoms with E-state index < -0.39 is 10.0 Å². The molecule has 19 heavy (non-hydrogen) atoms. The molecule has 2 rings (SSSR count). The Morgan fingerprint density at radius 3 is 2.74 bits per heavy atom. The fourth-order valence-corrected chi connectivity index (χ4v) is 3.43. The van der Waals surface area contributed by atoms with E-state index in [1.54, 1.807) is 11.3 Å². The van der Waals surface area contributed by atoms with Crippen LogP contribution in [0.5, 0.6) is 0 Å². The molecule has 7 heteroatoms. The van der Waals surface area contributed by atoms with E-state index in [-0.39, 0.29) is 10.6 Å². The van der Waals surface area contributed by atoms with E-state index in [1.165, 1.54) is 18.2 Å². The normalized spacial score (nSPS) is 11.6. The van der Waals surface area contributed by atoms with Crippen LogP contribution >= 0.6 is 22.9 Å². The van der Waals surface area contributed by atoms with E-state index >= 15 is 0 Å². The molecule has 0 spiro atoms. The van der Waals surface area contributed by atoms with E-state index in [0.717, 1.165) is 4.88 Å². The van der Waals surface area contributed by atoms with Crippen molar-refractivity contribution in [1.82, 2.24) is 4.72 Å². The first-order valence-electron chi connectivity index (χ1n) is 5.56. The van der Waals surface area contributed by atoms with Crippen LogP contribution in [0, 0.1) is 0 Å². The molecule has 2 aromatic rings. The molecule has 0 aliphatic rings. The molecule has 0 aliphatic carbocycles. The summed E-state index contributed by atoms with van der Waals surface area (Å²) >= 11 is 7.37. The lowest BCUT2D eigenvalue weighted by Crippen LogP contribution is -2.25. The quantitative estimate of drug-likeness (QED) is 0.832. The van der Waals surface area contributed by atoms with Crippen LogP contribution in [0.3, 0.4) is 0 Å². The molecule has 4 nitrogen and oxygen atoms in total. The SMILES string of the molecule is Nc1cc(S(=O)(=O)NCCc2cccs2)ccc1Cl. The molecular weight excluding hydrogens is 304 g/mol. The van der Waals surface area contributed by atoms with Gasteiger partial charge in [0.05, 0.1) is 15.6 Å². The number of nitrogens with one attached hydrogen (secondary N) is 1. The Labute approximate surface area is 121 Å². The molecule has 0 bridgehead atoms. The predicted octanol–water partition coefficient (Wildman–Crippen LogP) is 2.50. The van der Waals surface area contributed by atoms with Crippen molar-refractivity contribution >= 4 is 38.6 Å². The van der Waals surface area contributed by atoms with Crippen molar-refractivity contribution in [1.29, 1.82) is 0 Å². The molecule has 0 radical (unpaired) electrons. The minimum absolute atomic E-state index is 0.126. The van der Waals surface area contributed by atoms with Crippen LogP contribution in [-0.4, -0.2) is 15.0 Å². The maximum Gasteiger partial charge on any atom is 0.240 e. The zero-order chi connectivity index (χ0) is 13.9. The fourth-order valence-electron chi connectivity index (χ4n) is 1.54. The predicted molar refractivity (Wildman–Crippen MR) is 79.1 cm³/mol. The number of thiophene rings is 1. The molecule has 3 N–H and O–H groups in total. The summed E-state index contributed by atoms with van der Waals surface area (Å²) in [5.74, 6) is 0. The lowest BCUT2D eigenvalue weighted by atomic mass is 10.3. The molecular formula is C12H13ClN2O2S2. The summed E-state index contributed by atoms with van der Waals surface area (Å²) in [5.41, 5.74) is 5.85. The first kappa shape index (κ1) is 14.3. The van der Waals surface area contributed by atoms with Gasteiger partial charge in [0.15, 0.2) is 0 Å². The Bertz CT molecular complexity index is 654. The van der Waals surface area contributed by atoms with E-state index in [1.807, 2.05) is 17.5 Å². The van der Waals surface area contributed by atoms with Crippen LogP contribution in [0.2, 0.25) is 5.02 Å². The van der Waals surface area contributed by atoms with Crippen LogP contribution in [0.4, 0.5) is 5.69 Å². The van der Waals surface area contributed by atoms with Crippen molar-refractivity contribution in [3.63, 3.8) is 0 Å². The zero-order valence-electron chi connectivity index (χ0n) is 9.97. The summed E-state index contributed by atoms with van der Waals surface area (Å²) in [5, 5.41) is 2.31. The van der Waals surface area contributed by atoms with Gasteiger partial charge < -0.3 is 5.73 Å². The van der Waals surface area contributed by atoms with Crippen LogP contribution in [0.15, 0.2) is 40.6 Å². The van der Waals surface area contributed by atoms with Gasteiger partial charge in [-0.3, -0.25) is 0 Å². The van der Waals surface area contributed by atoms with Gasteiger partial charge in [-0.1, -0.05) is 17.7 Å². The Balaban J connectivity index is 2.03. The highest BCUT2D eigenvalue weighted by atomic mass is 35.5. The molecule has 1 aromatic carbocycles. The van der Waals surface area contributed by atoms with Gasteiger partial charge in [-0.05, 0) is 36.1 Å². The molecule has 0 amide bonds. The highest BCUT2D eigenvalue weighted by molar-refractivity contribution is 7.89. The molecule has 0 saturated carbocycles. The average molecular weight is 317 g/mol. The molecule has 102 valence electrons. The number of halogens is 1. The molecule has 0 atom stereocenters. The lowest BCUT2D eigenvalue weighted by Gasteiger charge is -2.07. The van der Waals surface area contributed by atoms with E-state index in [2.05, 4.69) is 4.72 Å². The summed E-state index contributed by atoms with van der Waals surface area (Å²) in [6.07, 6.45) is 0.667. The highest BCUT2D eigenvalue weighted by Crippen LogP contribution is 2.22. The van der Waals surface area contributed by atoms with Crippen LogP contribution in [0.1, 0.15) is 4.88 Å². The zero-order valence-corrected chi connectivity index (χ0v) is 12.4. The van der Waals surface area contributed by atoms with Crippen LogP contribution in [-0.2, 0) is 16.4 Å². The monoisotopic (exact) mass is 316 g/mol. The number of nitrogens with two attached hydrogens (primary N) is 1.